The number of carboxylic acid groups (broad SMARTS) is 2. The lowest BCUT2D eigenvalue weighted by molar-refractivity contribution is -0.140. The third-order valence-corrected chi connectivity index (χ3v) is 9.43. The van der Waals surface area contributed by atoms with Crippen molar-refractivity contribution in [3.05, 3.63) is 101 Å². The number of aromatic amines is 1. The largest absolute Gasteiger partial charge is 0.481 e. The van der Waals surface area contributed by atoms with Gasteiger partial charge >= 0.3 is 11.9 Å². The van der Waals surface area contributed by atoms with Gasteiger partial charge in [0.05, 0.1) is 16.5 Å². The Hall–Kier alpha value is -7.06. The fraction of sp³-hybridized carbons (Fsp3) is 0.194. The number of nitrogen functional groups attached to an aromatic ring is 1. The number of carbonyl (C=O) groups excluding carboxylic acids is 2. The molecule has 3 aromatic carbocycles. The maximum atomic E-state index is 12.3. The summed E-state index contributed by atoms with van der Waals surface area (Å²) in [5.41, 5.74) is 9.16. The molecule has 0 spiro atoms. The number of fused-ring (bicyclic) bond motifs is 1. The van der Waals surface area contributed by atoms with Crippen molar-refractivity contribution in [2.45, 2.75) is 36.7 Å². The third-order valence-electron chi connectivity index (χ3n) is 8.50. The number of aliphatic carboxylic acids is 2. The van der Waals surface area contributed by atoms with Crippen LogP contribution in [0.2, 0.25) is 0 Å². The highest BCUT2D eigenvalue weighted by atomic mass is 32.2. The van der Waals surface area contributed by atoms with Crippen LogP contribution >= 0.6 is 0 Å². The molecule has 19 nitrogen and oxygen atoms in total. The van der Waals surface area contributed by atoms with Gasteiger partial charge in [0, 0.05) is 36.3 Å². The number of rotatable bonds is 13. The van der Waals surface area contributed by atoms with Crippen LogP contribution < -0.4 is 37.3 Å². The molecule has 0 aliphatic carbocycles. The first kappa shape index (κ1) is 40.1. The highest BCUT2D eigenvalue weighted by Gasteiger charge is 2.30. The summed E-state index contributed by atoms with van der Waals surface area (Å²) in [6.07, 6.45) is -0.101. The number of amides is 2. The number of nitrogens with one attached hydrogen (secondary N) is 4. The molecule has 1 unspecified atom stereocenters. The van der Waals surface area contributed by atoms with Gasteiger partial charge in [-0.15, -0.1) is 0 Å². The summed E-state index contributed by atoms with van der Waals surface area (Å²) < 4.78 is 28.0. The number of hydrogen-bond acceptors (Lipinski definition) is 13. The van der Waals surface area contributed by atoms with Crippen LogP contribution in [0.4, 0.5) is 23.1 Å². The van der Waals surface area contributed by atoms with Crippen molar-refractivity contribution in [1.82, 2.24) is 20.4 Å². The number of aromatic nitrogens is 3. The van der Waals surface area contributed by atoms with E-state index >= 15 is 0 Å². The summed E-state index contributed by atoms with van der Waals surface area (Å²) in [6, 6.07) is 20.4. The number of carbonyl (C=O) groups is 4. The number of sulfonamides is 1. The van der Waals surface area contributed by atoms with Crippen molar-refractivity contribution in [1.29, 1.82) is 0 Å². The Balaban J connectivity index is 0.000000234. The molecule has 2 atom stereocenters. The number of H-pyrrole nitrogens is 1. The van der Waals surface area contributed by atoms with Crippen LogP contribution in [0.15, 0.2) is 93.1 Å². The molecular weight excluding hydrogens is 751 g/mol. The summed E-state index contributed by atoms with van der Waals surface area (Å²) >= 11 is 0. The molecule has 0 fully saturated rings. The number of nitrogens with zero attached hydrogens (tertiary/aromatic N) is 3. The Bertz CT molecular complexity index is 2380. The number of hydrogen-bond donors (Lipinski definition) is 8. The summed E-state index contributed by atoms with van der Waals surface area (Å²) in [4.78, 5) is 65.8. The summed E-state index contributed by atoms with van der Waals surface area (Å²) in [7, 11) is -3.70. The van der Waals surface area contributed by atoms with E-state index in [1.165, 1.54) is 29.2 Å². The first-order valence-corrected chi connectivity index (χ1v) is 18.3. The molecule has 1 aliphatic rings. The third kappa shape index (κ3) is 9.72. The number of nitrogens with two attached hydrogens (primary N) is 2. The van der Waals surface area contributed by atoms with Crippen LogP contribution in [-0.2, 0) is 24.4 Å². The molecule has 0 bridgehead atoms. The molecule has 10 N–H and O–H groups in total. The maximum Gasteiger partial charge on any atom is 0.326 e. The van der Waals surface area contributed by atoms with E-state index in [0.717, 1.165) is 22.4 Å². The van der Waals surface area contributed by atoms with Crippen molar-refractivity contribution in [3.8, 4) is 22.4 Å². The van der Waals surface area contributed by atoms with Gasteiger partial charge in [-0.1, -0.05) is 47.6 Å². The monoisotopic (exact) mass is 787 g/mol. The lowest BCUT2D eigenvalue weighted by Crippen LogP contribution is -2.50. The van der Waals surface area contributed by atoms with Gasteiger partial charge in [0.2, 0.25) is 22.4 Å². The van der Waals surface area contributed by atoms with Gasteiger partial charge in [-0.25, -0.2) is 18.4 Å². The Morgan fingerprint density at radius 3 is 2.32 bits per heavy atom. The number of aryl methyl sites for hydroxylation is 1. The molecule has 1 aliphatic heterocycles. The number of anilines is 4. The molecule has 0 radical (unpaired) electrons. The predicted molar refractivity (Wildman–Crippen MR) is 204 cm³/mol. The number of primary sulfonamides is 1. The van der Waals surface area contributed by atoms with Crippen molar-refractivity contribution in [2.24, 2.45) is 5.14 Å². The summed E-state index contributed by atoms with van der Waals surface area (Å²) in [5.74, 6) is -2.34. The first-order valence-electron chi connectivity index (χ1n) is 16.8. The maximum absolute atomic E-state index is 12.3. The van der Waals surface area contributed by atoms with E-state index in [1.54, 1.807) is 24.3 Å². The highest BCUT2D eigenvalue weighted by molar-refractivity contribution is 7.89. The minimum Gasteiger partial charge on any atom is -0.481 e. The minimum atomic E-state index is -3.70. The molecule has 0 saturated carbocycles. The van der Waals surface area contributed by atoms with Gasteiger partial charge in [0.25, 0.3) is 11.5 Å². The molecule has 56 heavy (non-hydrogen) atoms. The standard InChI is InChI=1S/C20H23N7O7.C16H14N2O3S/c21-20-25-16-15(18(32)26-20)27(9-28)12(8-23-16)7-22-11-3-1-10(2-4-11)17(31)24-13(19(33)34)5-6-14(29)30;1-11-15(12-7-9-14(10-8-12)22(17,19)20)16(18-21-11)13-5-3-2-4-6-13/h1-4,9,12-13,22H,5-8H2,(H,24,31)(H,29,30)(H,33,34)(H4,21,23,25,26,32);2-10H,1H3,(H2,17,19,20)/t12?,13-;/m0./s1. The lowest BCUT2D eigenvalue weighted by Gasteiger charge is -2.34. The van der Waals surface area contributed by atoms with Crippen LogP contribution in [0.1, 0.15) is 29.0 Å². The van der Waals surface area contributed by atoms with Gasteiger partial charge < -0.3 is 41.3 Å². The highest BCUT2D eigenvalue weighted by Crippen LogP contribution is 2.34. The van der Waals surface area contributed by atoms with Gasteiger partial charge in [-0.3, -0.25) is 24.2 Å². The molecule has 292 valence electrons. The molecule has 2 amide bonds. The van der Waals surface area contributed by atoms with E-state index in [4.69, 9.17) is 20.5 Å². The molecule has 2 aromatic heterocycles. The second kappa shape index (κ2) is 17.4. The van der Waals surface area contributed by atoms with Crippen molar-refractivity contribution >= 4 is 57.4 Å². The van der Waals surface area contributed by atoms with E-state index in [2.05, 4.69) is 31.1 Å². The fourth-order valence-corrected chi connectivity index (χ4v) is 6.23. The van der Waals surface area contributed by atoms with Crippen molar-refractivity contribution in [3.63, 3.8) is 0 Å². The molecule has 20 heteroatoms. The topological polar surface area (TPSA) is 306 Å². The molecule has 5 aromatic rings. The second-order valence-electron chi connectivity index (χ2n) is 12.3. The SMILES string of the molecule is Cc1onc(-c2ccccc2)c1-c1ccc(S(N)(=O)=O)cc1.Nc1nc2c(c(=O)[nH]1)N(C=O)C(CNc1ccc(C(=O)N[C@@H](CCC(=O)O)C(=O)O)cc1)CN2. The Morgan fingerprint density at radius 2 is 1.71 bits per heavy atom. The molecular formula is C36H37N9O10S. The van der Waals surface area contributed by atoms with Gasteiger partial charge in [0.15, 0.2) is 11.5 Å². The first-order chi connectivity index (χ1) is 26.7. The minimum absolute atomic E-state index is 0.0603. The zero-order chi connectivity index (χ0) is 40.6. The average Bonchev–Trinajstić information content (AvgIpc) is 3.56. The van der Waals surface area contributed by atoms with Crippen LogP contribution in [-0.4, -0.2) is 83.2 Å². The predicted octanol–water partition coefficient (Wildman–Crippen LogP) is 2.23. The second-order valence-corrected chi connectivity index (χ2v) is 13.9. The van der Waals surface area contributed by atoms with Crippen LogP contribution in [0.5, 0.6) is 0 Å². The van der Waals surface area contributed by atoms with Crippen molar-refractivity contribution in [2.75, 3.05) is 34.4 Å². The fourth-order valence-electron chi connectivity index (χ4n) is 5.71. The zero-order valence-electron chi connectivity index (χ0n) is 29.6. The Labute approximate surface area is 318 Å². The summed E-state index contributed by atoms with van der Waals surface area (Å²) in [5, 5.41) is 35.5. The van der Waals surface area contributed by atoms with Gasteiger partial charge in [0.1, 0.15) is 17.5 Å². The average molecular weight is 788 g/mol. The Kier molecular flexibility index (Phi) is 12.5. The lowest BCUT2D eigenvalue weighted by atomic mass is 10.00. The van der Waals surface area contributed by atoms with E-state index in [9.17, 15) is 37.5 Å². The quantitative estimate of drug-likeness (QED) is 0.0794. The van der Waals surface area contributed by atoms with Crippen LogP contribution in [0.3, 0.4) is 0 Å². The number of carboxylic acids is 2. The molecule has 6 rings (SSSR count). The van der Waals surface area contributed by atoms with E-state index in [1.807, 2.05) is 37.3 Å². The zero-order valence-corrected chi connectivity index (χ0v) is 30.4. The smallest absolute Gasteiger partial charge is 0.326 e. The number of benzene rings is 3. The van der Waals surface area contributed by atoms with Gasteiger partial charge in [-0.2, -0.15) is 4.98 Å². The van der Waals surface area contributed by atoms with Gasteiger partial charge in [-0.05, 0) is 55.3 Å². The van der Waals surface area contributed by atoms with Crippen LogP contribution in [0, 0.1) is 6.92 Å². The molecule has 0 saturated heterocycles. The Morgan fingerprint density at radius 1 is 1.04 bits per heavy atom. The van der Waals surface area contributed by atoms with E-state index < -0.39 is 51.9 Å². The van der Waals surface area contributed by atoms with Crippen LogP contribution in [0.25, 0.3) is 22.4 Å². The van der Waals surface area contributed by atoms with Crippen molar-refractivity contribution < 1.29 is 42.3 Å². The van der Waals surface area contributed by atoms with E-state index in [0.29, 0.717) is 24.4 Å². The molecule has 3 heterocycles. The normalized spacial score (nSPS) is 13.9. The summed E-state index contributed by atoms with van der Waals surface area (Å²) in [6.45, 7) is 2.39. The van der Waals surface area contributed by atoms with E-state index in [-0.39, 0.29) is 40.9 Å².